The van der Waals surface area contributed by atoms with Gasteiger partial charge in [0, 0.05) is 21.5 Å². The molecule has 2 N–H and O–H groups in total. The smallest absolute Gasteiger partial charge is 0.360 e. The molecule has 0 saturated heterocycles. The molecule has 3 aromatic carbocycles. The highest BCUT2D eigenvalue weighted by Crippen LogP contribution is 2.33. The summed E-state index contributed by atoms with van der Waals surface area (Å²) in [4.78, 5) is 12.1. The van der Waals surface area contributed by atoms with Crippen LogP contribution in [0.15, 0.2) is 91.8 Å². The average molecular weight is 492 g/mol. The maximum absolute atomic E-state index is 12.6. The average Bonchev–Trinajstić information content (AvgIpc) is 2.73. The Kier molecular flexibility index (Phi) is 5.55. The van der Waals surface area contributed by atoms with E-state index in [9.17, 15) is 26.2 Å². The molecule has 0 aliphatic heterocycles. The Morgan fingerprint density at radius 3 is 2.19 bits per heavy atom. The maximum atomic E-state index is 12.6. The van der Waals surface area contributed by atoms with Crippen molar-refractivity contribution in [3.63, 3.8) is 0 Å². The number of benzene rings is 3. The van der Waals surface area contributed by atoms with E-state index in [1.165, 1.54) is 54.6 Å². The Morgan fingerprint density at radius 2 is 1.50 bits per heavy atom. The molecule has 0 radical (unpaired) electrons. The second kappa shape index (κ2) is 8.06. The predicted molar refractivity (Wildman–Crippen MR) is 120 cm³/mol. The van der Waals surface area contributed by atoms with Crippen molar-refractivity contribution in [1.29, 1.82) is 0 Å². The first kappa shape index (κ1) is 22.0. The van der Waals surface area contributed by atoms with Gasteiger partial charge in [0.05, 0.1) is 4.90 Å². The van der Waals surface area contributed by atoms with Crippen LogP contribution in [0.2, 0.25) is 5.02 Å². The molecule has 0 aliphatic carbocycles. The molecule has 0 fully saturated rings. The molecule has 0 spiro atoms. The van der Waals surface area contributed by atoms with Gasteiger partial charge in [0.15, 0.2) is 0 Å². The number of hydrogen-bond donors (Lipinski definition) is 2. The van der Waals surface area contributed by atoms with Crippen molar-refractivity contribution in [3.05, 3.63) is 88.2 Å². The minimum atomic E-state index is -4.55. The highest BCUT2D eigenvalue weighted by Gasteiger charge is 2.21. The van der Waals surface area contributed by atoms with E-state index in [-0.39, 0.29) is 32.2 Å². The number of halogens is 1. The fraction of sp³-hybridized carbons (Fsp3) is 0. The zero-order chi connectivity index (χ0) is 23.1. The van der Waals surface area contributed by atoms with Gasteiger partial charge in [0.25, 0.3) is 20.1 Å². The van der Waals surface area contributed by atoms with Crippen LogP contribution in [0, 0.1) is 0 Å². The second-order valence-corrected chi connectivity index (χ2v) is 10.2. The normalized spacial score (nSPS) is 12.1. The number of anilines is 1. The minimum absolute atomic E-state index is 0.0306. The largest absolute Gasteiger partial charge is 0.421 e. The number of fused-ring (bicyclic) bond motifs is 1. The molecule has 0 aliphatic rings. The van der Waals surface area contributed by atoms with Crippen LogP contribution in [0.1, 0.15) is 0 Å². The molecule has 4 aromatic rings. The van der Waals surface area contributed by atoms with Crippen LogP contribution in [0.3, 0.4) is 0 Å². The van der Waals surface area contributed by atoms with Gasteiger partial charge in [-0.05, 0) is 36.4 Å². The lowest BCUT2D eigenvalue weighted by Crippen LogP contribution is -2.18. The van der Waals surface area contributed by atoms with Gasteiger partial charge in [-0.2, -0.15) is 8.42 Å². The first-order valence-corrected chi connectivity index (χ1v) is 12.3. The molecule has 1 heterocycles. The summed E-state index contributed by atoms with van der Waals surface area (Å²) in [6.07, 6.45) is 0. The Labute approximate surface area is 187 Å². The molecule has 0 bridgehead atoms. The molecule has 32 heavy (non-hydrogen) atoms. The van der Waals surface area contributed by atoms with Crippen molar-refractivity contribution in [2.45, 2.75) is 9.79 Å². The predicted octanol–water partition coefficient (Wildman–Crippen LogP) is 4.16. The maximum Gasteiger partial charge on any atom is 0.360 e. The third kappa shape index (κ3) is 4.26. The molecule has 4 rings (SSSR count). The van der Waals surface area contributed by atoms with Crippen molar-refractivity contribution >= 4 is 48.4 Å². The van der Waals surface area contributed by atoms with Gasteiger partial charge in [-0.3, -0.25) is 9.27 Å². The lowest BCUT2D eigenvalue weighted by Gasteiger charge is -2.11. The van der Waals surface area contributed by atoms with Gasteiger partial charge in [-0.25, -0.2) is 13.2 Å². The molecule has 8 nitrogen and oxygen atoms in total. The van der Waals surface area contributed by atoms with Crippen LogP contribution in [0.5, 0.6) is 0 Å². The third-order valence-electron chi connectivity index (χ3n) is 4.58. The van der Waals surface area contributed by atoms with Gasteiger partial charge < -0.3 is 4.42 Å². The first-order valence-electron chi connectivity index (χ1n) is 8.98. The molecule has 0 saturated carbocycles. The Morgan fingerprint density at radius 1 is 0.844 bits per heavy atom. The number of rotatable bonds is 5. The van der Waals surface area contributed by atoms with Gasteiger partial charge in [0.1, 0.15) is 16.2 Å². The van der Waals surface area contributed by atoms with Crippen molar-refractivity contribution in [3.8, 4) is 11.1 Å². The Balaban J connectivity index is 1.84. The standard InChI is InChI=1S/C21H14ClNO7S2/c22-14-8-10-15(11-9-14)31(25,26)23-18-12-13-4-3-6-17(20(13)30-21(18)24)16-5-1-2-7-19(16)32(27,28)29/h1-12,23H,(H,27,28,29). The molecular formula is C21H14ClNO7S2. The van der Waals surface area contributed by atoms with Crippen LogP contribution in [-0.2, 0) is 20.1 Å². The molecule has 1 aromatic heterocycles. The highest BCUT2D eigenvalue weighted by atomic mass is 35.5. The van der Waals surface area contributed by atoms with E-state index in [1.54, 1.807) is 18.2 Å². The van der Waals surface area contributed by atoms with Crippen molar-refractivity contribution in [1.82, 2.24) is 0 Å². The van der Waals surface area contributed by atoms with Gasteiger partial charge in [-0.15, -0.1) is 0 Å². The van der Waals surface area contributed by atoms with E-state index < -0.39 is 25.8 Å². The van der Waals surface area contributed by atoms with Crippen LogP contribution in [0.25, 0.3) is 22.1 Å². The van der Waals surface area contributed by atoms with Gasteiger partial charge in [0.2, 0.25) is 0 Å². The van der Waals surface area contributed by atoms with E-state index in [1.807, 2.05) is 0 Å². The van der Waals surface area contributed by atoms with Crippen molar-refractivity contribution in [2.75, 3.05) is 4.72 Å². The summed E-state index contributed by atoms with van der Waals surface area (Å²) in [5.41, 5.74) is -0.916. The summed E-state index contributed by atoms with van der Waals surface area (Å²) in [5.74, 6) is 0. The lowest BCUT2D eigenvalue weighted by molar-refractivity contribution is 0.483. The summed E-state index contributed by atoms with van der Waals surface area (Å²) in [5, 5.41) is 0.688. The highest BCUT2D eigenvalue weighted by molar-refractivity contribution is 7.92. The summed E-state index contributed by atoms with van der Waals surface area (Å²) in [7, 11) is -8.64. The van der Waals surface area contributed by atoms with Crippen LogP contribution in [-0.4, -0.2) is 21.4 Å². The summed E-state index contributed by atoms with van der Waals surface area (Å²) in [6.45, 7) is 0. The van der Waals surface area contributed by atoms with Gasteiger partial charge >= 0.3 is 5.63 Å². The van der Waals surface area contributed by atoms with E-state index in [0.717, 1.165) is 0 Å². The van der Waals surface area contributed by atoms with Crippen LogP contribution >= 0.6 is 11.6 Å². The molecular weight excluding hydrogens is 478 g/mol. The number of sulfonamides is 1. The zero-order valence-corrected chi connectivity index (χ0v) is 18.4. The number of hydrogen-bond acceptors (Lipinski definition) is 6. The zero-order valence-electron chi connectivity index (χ0n) is 16.0. The molecule has 164 valence electrons. The van der Waals surface area contributed by atoms with Crippen molar-refractivity contribution < 1.29 is 25.8 Å². The Hall–Kier alpha value is -3.18. The minimum Gasteiger partial charge on any atom is -0.421 e. The molecule has 0 unspecified atom stereocenters. The van der Waals surface area contributed by atoms with Crippen LogP contribution < -0.4 is 10.3 Å². The summed E-state index contributed by atoms with van der Waals surface area (Å²) >= 11 is 5.78. The quantitative estimate of drug-likeness (QED) is 0.316. The molecule has 0 amide bonds. The Bertz CT molecular complexity index is 1610. The van der Waals surface area contributed by atoms with E-state index >= 15 is 0 Å². The second-order valence-electron chi connectivity index (χ2n) is 6.70. The fourth-order valence-corrected chi connectivity index (χ4v) is 5.04. The lowest BCUT2D eigenvalue weighted by atomic mass is 10.0. The fourth-order valence-electron chi connectivity index (χ4n) is 3.16. The SMILES string of the molecule is O=c1oc2c(-c3ccccc3S(=O)(=O)O)cccc2cc1NS(=O)(=O)c1ccc(Cl)cc1. The van der Waals surface area contributed by atoms with Crippen LogP contribution in [0.4, 0.5) is 5.69 Å². The molecule has 11 heteroatoms. The van der Waals surface area contributed by atoms with E-state index in [4.69, 9.17) is 16.0 Å². The monoisotopic (exact) mass is 491 g/mol. The summed E-state index contributed by atoms with van der Waals surface area (Å²) < 4.78 is 65.9. The number of nitrogens with one attached hydrogen (secondary N) is 1. The molecule has 0 atom stereocenters. The van der Waals surface area contributed by atoms with E-state index in [2.05, 4.69) is 4.72 Å². The van der Waals surface area contributed by atoms with Gasteiger partial charge in [-0.1, -0.05) is 48.0 Å². The third-order valence-corrected chi connectivity index (χ3v) is 7.13. The van der Waals surface area contributed by atoms with E-state index in [0.29, 0.717) is 10.4 Å². The first-order chi connectivity index (χ1) is 15.1. The summed E-state index contributed by atoms with van der Waals surface area (Å²) in [6, 6.07) is 17.0. The van der Waals surface area contributed by atoms with Crippen molar-refractivity contribution in [2.24, 2.45) is 0 Å². The topological polar surface area (TPSA) is 131 Å². The number of para-hydroxylation sites is 1.